The summed E-state index contributed by atoms with van der Waals surface area (Å²) in [6, 6.07) is 5.60. The second-order valence-electron chi connectivity index (χ2n) is 5.91. The van der Waals surface area contributed by atoms with Gasteiger partial charge in [0, 0.05) is 10.4 Å². The van der Waals surface area contributed by atoms with Gasteiger partial charge in [0.2, 0.25) is 0 Å². The first-order chi connectivity index (χ1) is 9.62. The van der Waals surface area contributed by atoms with Crippen molar-refractivity contribution in [2.45, 2.75) is 33.1 Å². The van der Waals surface area contributed by atoms with Gasteiger partial charge in [-0.2, -0.15) is 5.10 Å². The van der Waals surface area contributed by atoms with Crippen LogP contribution in [0, 0.1) is 10.5 Å². The number of aryl methyl sites for hydroxylation is 1. The lowest BCUT2D eigenvalue weighted by Gasteiger charge is -2.21. The van der Waals surface area contributed by atoms with E-state index in [0.717, 1.165) is 16.9 Å². The Kier molecular flexibility index (Phi) is 4.35. The van der Waals surface area contributed by atoms with Crippen LogP contribution in [0.3, 0.4) is 0 Å². The molecule has 1 aromatic heterocycles. The van der Waals surface area contributed by atoms with E-state index >= 15 is 0 Å². The summed E-state index contributed by atoms with van der Waals surface area (Å²) in [6.45, 7) is 8.02. The number of hydrogen-bond acceptors (Lipinski definition) is 2. The van der Waals surface area contributed by atoms with Crippen LogP contribution in [0.4, 0.5) is 0 Å². The van der Waals surface area contributed by atoms with Crippen LogP contribution >= 0.6 is 34.2 Å². The monoisotopic (exact) mass is 418 g/mol. The normalized spacial score (nSPS) is 11.7. The summed E-state index contributed by atoms with van der Waals surface area (Å²) in [6.07, 6.45) is 0. The van der Waals surface area contributed by atoms with Crippen molar-refractivity contribution in [3.05, 3.63) is 43.7 Å². The lowest BCUT2D eigenvalue weighted by molar-refractivity contribution is 0.0689. The third kappa shape index (κ3) is 3.08. The molecule has 1 heterocycles. The molecule has 1 aromatic carbocycles. The number of aromatic carboxylic acids is 1. The van der Waals surface area contributed by atoms with Crippen LogP contribution in [0.2, 0.25) is 5.02 Å². The van der Waals surface area contributed by atoms with Crippen molar-refractivity contribution in [1.82, 2.24) is 9.78 Å². The maximum absolute atomic E-state index is 11.4. The van der Waals surface area contributed by atoms with Crippen LogP contribution < -0.4 is 0 Å². The Morgan fingerprint density at radius 3 is 2.48 bits per heavy atom. The van der Waals surface area contributed by atoms with Crippen molar-refractivity contribution >= 4 is 40.2 Å². The molecule has 112 valence electrons. The number of carbonyl (C=O) groups is 1. The first kappa shape index (κ1) is 16.3. The summed E-state index contributed by atoms with van der Waals surface area (Å²) in [5.41, 5.74) is 2.42. The predicted octanol–water partition coefficient (Wildman–Crippen LogP) is 4.43. The number of hydrogen-bond donors (Lipinski definition) is 1. The lowest BCUT2D eigenvalue weighted by Crippen LogP contribution is -2.18. The van der Waals surface area contributed by atoms with Gasteiger partial charge in [0.15, 0.2) is 5.69 Å². The second kappa shape index (κ2) is 5.61. The molecule has 2 aromatic rings. The van der Waals surface area contributed by atoms with Gasteiger partial charge in [-0.1, -0.05) is 38.4 Å². The number of nitrogens with zero attached hydrogens (tertiary/aromatic N) is 2. The van der Waals surface area contributed by atoms with Gasteiger partial charge in [-0.3, -0.25) is 0 Å². The van der Waals surface area contributed by atoms with Crippen molar-refractivity contribution in [3.63, 3.8) is 0 Å². The minimum absolute atomic E-state index is 0.0669. The minimum Gasteiger partial charge on any atom is -0.476 e. The maximum Gasteiger partial charge on any atom is 0.357 e. The van der Waals surface area contributed by atoms with E-state index in [1.54, 1.807) is 10.7 Å². The number of halogens is 2. The van der Waals surface area contributed by atoms with E-state index in [2.05, 4.69) is 5.10 Å². The number of benzene rings is 1. The number of aromatic nitrogens is 2. The molecule has 0 aliphatic carbocycles. The molecular formula is C15H16ClIN2O2. The zero-order valence-corrected chi connectivity index (χ0v) is 15.2. The van der Waals surface area contributed by atoms with Gasteiger partial charge in [-0.05, 0) is 47.2 Å². The number of carboxylic acids is 1. The summed E-state index contributed by atoms with van der Waals surface area (Å²) in [7, 11) is 0. The highest BCUT2D eigenvalue weighted by Gasteiger charge is 2.29. The third-order valence-electron chi connectivity index (χ3n) is 3.14. The Morgan fingerprint density at radius 2 is 2.00 bits per heavy atom. The Labute approximate surface area is 142 Å². The zero-order valence-electron chi connectivity index (χ0n) is 12.2. The van der Waals surface area contributed by atoms with E-state index in [4.69, 9.17) is 11.6 Å². The molecule has 0 saturated heterocycles. The van der Waals surface area contributed by atoms with E-state index in [-0.39, 0.29) is 11.1 Å². The Morgan fingerprint density at radius 1 is 1.38 bits per heavy atom. The quantitative estimate of drug-likeness (QED) is 0.734. The Balaban J connectivity index is 2.75. The van der Waals surface area contributed by atoms with Gasteiger partial charge in [0.25, 0.3) is 0 Å². The molecule has 0 unspecified atom stereocenters. The van der Waals surface area contributed by atoms with Crippen molar-refractivity contribution < 1.29 is 9.90 Å². The average Bonchev–Trinajstić information content (AvgIpc) is 2.70. The van der Waals surface area contributed by atoms with Crippen LogP contribution in [0.5, 0.6) is 0 Å². The molecule has 0 atom stereocenters. The van der Waals surface area contributed by atoms with Crippen LogP contribution in [-0.4, -0.2) is 20.9 Å². The predicted molar refractivity (Wildman–Crippen MR) is 91.7 cm³/mol. The molecule has 0 saturated carbocycles. The van der Waals surface area contributed by atoms with Crippen molar-refractivity contribution in [2.75, 3.05) is 0 Å². The minimum atomic E-state index is -1.03. The molecule has 0 aliphatic rings. The van der Waals surface area contributed by atoms with Gasteiger partial charge in [0.1, 0.15) is 0 Å². The lowest BCUT2D eigenvalue weighted by atomic mass is 9.91. The fourth-order valence-electron chi connectivity index (χ4n) is 2.08. The molecule has 0 spiro atoms. The standard InChI is InChI=1S/C15H16ClIN2O2/c1-8-5-6-9(7-10(8)16)19-13(15(2,3)4)11(17)12(18-19)14(20)21/h5-7H,1-4H3,(H,20,21). The second-order valence-corrected chi connectivity index (χ2v) is 7.40. The fourth-order valence-corrected chi connectivity index (χ4v) is 3.63. The van der Waals surface area contributed by atoms with Crippen LogP contribution in [0.1, 0.15) is 42.5 Å². The molecule has 0 amide bonds. The van der Waals surface area contributed by atoms with Crippen molar-refractivity contribution in [3.8, 4) is 5.69 Å². The number of rotatable bonds is 2. The number of carboxylic acid groups (broad SMARTS) is 1. The molecule has 4 nitrogen and oxygen atoms in total. The molecule has 0 radical (unpaired) electrons. The third-order valence-corrected chi connectivity index (χ3v) is 4.57. The Bertz CT molecular complexity index is 717. The molecule has 2 rings (SSSR count). The van der Waals surface area contributed by atoms with Gasteiger partial charge >= 0.3 is 5.97 Å². The summed E-state index contributed by atoms with van der Waals surface area (Å²) in [5.74, 6) is -1.03. The van der Waals surface area contributed by atoms with E-state index in [9.17, 15) is 9.90 Å². The average molecular weight is 419 g/mol. The Hall–Kier alpha value is -1.08. The fraction of sp³-hybridized carbons (Fsp3) is 0.333. The van der Waals surface area contributed by atoms with Crippen molar-refractivity contribution in [2.24, 2.45) is 0 Å². The molecule has 6 heteroatoms. The van der Waals surface area contributed by atoms with Gasteiger partial charge < -0.3 is 5.11 Å². The first-order valence-corrected chi connectivity index (χ1v) is 7.87. The highest BCUT2D eigenvalue weighted by Crippen LogP contribution is 2.32. The van der Waals surface area contributed by atoms with E-state index < -0.39 is 5.97 Å². The SMILES string of the molecule is Cc1ccc(-n2nc(C(=O)O)c(I)c2C(C)(C)C)cc1Cl. The van der Waals surface area contributed by atoms with E-state index in [1.807, 2.05) is 62.4 Å². The molecule has 1 N–H and O–H groups in total. The highest BCUT2D eigenvalue weighted by atomic mass is 127. The topological polar surface area (TPSA) is 55.1 Å². The molecule has 0 aliphatic heterocycles. The smallest absolute Gasteiger partial charge is 0.357 e. The molecule has 21 heavy (non-hydrogen) atoms. The summed E-state index contributed by atoms with van der Waals surface area (Å²) in [5, 5.41) is 14.2. The van der Waals surface area contributed by atoms with Crippen LogP contribution in [0.25, 0.3) is 5.69 Å². The molecule has 0 bridgehead atoms. The molecular weight excluding hydrogens is 403 g/mol. The van der Waals surface area contributed by atoms with Gasteiger partial charge in [0.05, 0.1) is 15.0 Å². The van der Waals surface area contributed by atoms with Crippen LogP contribution in [-0.2, 0) is 5.41 Å². The first-order valence-electron chi connectivity index (χ1n) is 6.41. The van der Waals surface area contributed by atoms with E-state index in [0.29, 0.717) is 8.59 Å². The summed E-state index contributed by atoms with van der Waals surface area (Å²) < 4.78 is 2.33. The van der Waals surface area contributed by atoms with Gasteiger partial charge in [-0.15, -0.1) is 0 Å². The highest BCUT2D eigenvalue weighted by molar-refractivity contribution is 14.1. The maximum atomic E-state index is 11.4. The van der Waals surface area contributed by atoms with Crippen LogP contribution in [0.15, 0.2) is 18.2 Å². The zero-order chi connectivity index (χ0) is 15.9. The van der Waals surface area contributed by atoms with Crippen molar-refractivity contribution in [1.29, 1.82) is 0 Å². The van der Waals surface area contributed by atoms with Gasteiger partial charge in [-0.25, -0.2) is 9.48 Å². The van der Waals surface area contributed by atoms with E-state index in [1.165, 1.54) is 0 Å². The largest absolute Gasteiger partial charge is 0.476 e. The molecule has 0 fully saturated rings. The summed E-state index contributed by atoms with van der Waals surface area (Å²) in [4.78, 5) is 11.4. The summed E-state index contributed by atoms with van der Waals surface area (Å²) >= 11 is 8.23.